The van der Waals surface area contributed by atoms with Gasteiger partial charge in [-0.25, -0.2) is 4.98 Å². The molecule has 0 radical (unpaired) electrons. The number of aromatic nitrogens is 3. The Labute approximate surface area is 136 Å². The number of pyridine rings is 1. The van der Waals surface area contributed by atoms with Crippen molar-refractivity contribution in [3.63, 3.8) is 0 Å². The molecule has 2 aromatic rings. The second kappa shape index (κ2) is 7.99. The van der Waals surface area contributed by atoms with E-state index in [1.807, 2.05) is 18.3 Å². The van der Waals surface area contributed by atoms with Gasteiger partial charge in [-0.15, -0.1) is 0 Å². The van der Waals surface area contributed by atoms with Gasteiger partial charge in [0.05, 0.1) is 24.7 Å². The Morgan fingerprint density at radius 3 is 3.04 bits per heavy atom. The summed E-state index contributed by atoms with van der Waals surface area (Å²) in [6.07, 6.45) is 9.17. The van der Waals surface area contributed by atoms with Crippen LogP contribution in [0.3, 0.4) is 0 Å². The van der Waals surface area contributed by atoms with Crippen molar-refractivity contribution in [3.05, 3.63) is 42.6 Å². The van der Waals surface area contributed by atoms with Crippen LogP contribution in [0.1, 0.15) is 24.5 Å². The summed E-state index contributed by atoms with van der Waals surface area (Å²) >= 11 is 0. The third-order valence-electron chi connectivity index (χ3n) is 4.02. The van der Waals surface area contributed by atoms with Crippen LogP contribution in [0.15, 0.2) is 36.9 Å². The lowest BCUT2D eigenvalue weighted by Crippen LogP contribution is -2.36. The maximum atomic E-state index is 5.73. The van der Waals surface area contributed by atoms with Crippen LogP contribution in [0.2, 0.25) is 0 Å². The number of piperidine rings is 1. The smallest absolute Gasteiger partial charge is 0.238 e. The summed E-state index contributed by atoms with van der Waals surface area (Å²) in [6.45, 7) is 3.85. The van der Waals surface area contributed by atoms with Gasteiger partial charge < -0.3 is 14.4 Å². The fraction of sp³-hybridized carbons (Fsp3) is 0.471. The Hall–Kier alpha value is -2.05. The molecule has 0 aliphatic carbocycles. The molecule has 1 atom stereocenters. The first-order chi connectivity index (χ1) is 11.3. The van der Waals surface area contributed by atoms with Crippen LogP contribution in [0.4, 0.5) is 0 Å². The van der Waals surface area contributed by atoms with E-state index >= 15 is 0 Å². The molecular weight excluding hydrogens is 292 g/mol. The van der Waals surface area contributed by atoms with Crippen LogP contribution in [0, 0.1) is 0 Å². The average molecular weight is 314 g/mol. The van der Waals surface area contributed by atoms with Gasteiger partial charge in [-0.1, -0.05) is 0 Å². The molecule has 0 bridgehead atoms. The summed E-state index contributed by atoms with van der Waals surface area (Å²) in [7, 11) is 1.74. The minimum absolute atomic E-state index is 0.394. The molecule has 0 amide bonds. The summed E-state index contributed by atoms with van der Waals surface area (Å²) in [5.74, 6) is 1.58. The molecule has 0 aromatic carbocycles. The van der Waals surface area contributed by atoms with Crippen molar-refractivity contribution in [1.29, 1.82) is 0 Å². The molecule has 3 rings (SSSR count). The molecule has 1 fully saturated rings. The Morgan fingerprint density at radius 2 is 2.22 bits per heavy atom. The van der Waals surface area contributed by atoms with Crippen molar-refractivity contribution in [3.8, 4) is 11.6 Å². The number of hydrogen-bond acceptors (Lipinski definition) is 6. The molecule has 0 spiro atoms. The van der Waals surface area contributed by atoms with Gasteiger partial charge in [0, 0.05) is 38.5 Å². The lowest BCUT2D eigenvalue weighted by molar-refractivity contribution is 0.127. The highest BCUT2D eigenvalue weighted by molar-refractivity contribution is 5.23. The van der Waals surface area contributed by atoms with Crippen molar-refractivity contribution in [2.24, 2.45) is 0 Å². The maximum absolute atomic E-state index is 5.73. The van der Waals surface area contributed by atoms with Gasteiger partial charge in [0.15, 0.2) is 0 Å². The zero-order valence-electron chi connectivity index (χ0n) is 13.4. The van der Waals surface area contributed by atoms with E-state index in [1.165, 1.54) is 6.42 Å². The fourth-order valence-electron chi connectivity index (χ4n) is 2.86. The summed E-state index contributed by atoms with van der Waals surface area (Å²) in [6, 6.07) is 3.69. The first-order valence-electron chi connectivity index (χ1n) is 7.96. The standard InChI is InChI=1S/C17H22N4O2/c1-22-9-8-21-7-3-4-14(13-21)16-11-19-12-17(20-16)23-15-5-2-6-18-10-15/h2,5-6,10-12,14H,3-4,7-9,13H2,1H3/t14-/m1/s1. The van der Waals surface area contributed by atoms with Gasteiger partial charge in [-0.05, 0) is 31.5 Å². The number of rotatable bonds is 6. The highest BCUT2D eigenvalue weighted by Crippen LogP contribution is 2.27. The number of methoxy groups -OCH3 is 1. The molecule has 1 aliphatic rings. The van der Waals surface area contributed by atoms with Gasteiger partial charge >= 0.3 is 0 Å². The number of nitrogens with zero attached hydrogens (tertiary/aromatic N) is 4. The lowest BCUT2D eigenvalue weighted by atomic mass is 9.95. The van der Waals surface area contributed by atoms with E-state index in [0.29, 0.717) is 17.5 Å². The number of likely N-dealkylation sites (tertiary alicyclic amines) is 1. The quantitative estimate of drug-likeness (QED) is 0.816. The molecule has 1 aliphatic heterocycles. The SMILES string of the molecule is COCCN1CCC[C@@H](c2cncc(Oc3cccnc3)n2)C1. The highest BCUT2D eigenvalue weighted by Gasteiger charge is 2.22. The Kier molecular flexibility index (Phi) is 5.50. The van der Waals surface area contributed by atoms with E-state index in [4.69, 9.17) is 9.47 Å². The van der Waals surface area contributed by atoms with Crippen molar-refractivity contribution >= 4 is 0 Å². The topological polar surface area (TPSA) is 60.4 Å². The van der Waals surface area contributed by atoms with Gasteiger partial charge in [0.25, 0.3) is 0 Å². The lowest BCUT2D eigenvalue weighted by Gasteiger charge is -2.32. The van der Waals surface area contributed by atoms with Gasteiger partial charge in [0.2, 0.25) is 5.88 Å². The van der Waals surface area contributed by atoms with Gasteiger partial charge in [-0.3, -0.25) is 9.97 Å². The molecule has 0 unspecified atom stereocenters. The molecule has 1 saturated heterocycles. The largest absolute Gasteiger partial charge is 0.436 e. The molecule has 2 aromatic heterocycles. The summed E-state index contributed by atoms with van der Waals surface area (Å²) in [5, 5.41) is 0. The van der Waals surface area contributed by atoms with Crippen molar-refractivity contribution in [2.75, 3.05) is 33.4 Å². The normalized spacial score (nSPS) is 18.7. The molecular formula is C17H22N4O2. The van der Waals surface area contributed by atoms with E-state index < -0.39 is 0 Å². The monoisotopic (exact) mass is 314 g/mol. The summed E-state index contributed by atoms with van der Waals surface area (Å²) in [5.41, 5.74) is 0.994. The van der Waals surface area contributed by atoms with Crippen LogP contribution in [-0.4, -0.2) is 53.2 Å². The molecule has 122 valence electrons. The van der Waals surface area contributed by atoms with Crippen molar-refractivity contribution in [2.45, 2.75) is 18.8 Å². The second-order valence-corrected chi connectivity index (χ2v) is 5.71. The molecule has 3 heterocycles. The van der Waals surface area contributed by atoms with E-state index in [2.05, 4.69) is 19.9 Å². The molecule has 0 saturated carbocycles. The Balaban J connectivity index is 1.67. The second-order valence-electron chi connectivity index (χ2n) is 5.71. The van der Waals surface area contributed by atoms with Crippen LogP contribution in [0.5, 0.6) is 11.6 Å². The maximum Gasteiger partial charge on any atom is 0.238 e. The van der Waals surface area contributed by atoms with Crippen molar-refractivity contribution in [1.82, 2.24) is 19.9 Å². The van der Waals surface area contributed by atoms with Gasteiger partial charge in [0.1, 0.15) is 5.75 Å². The van der Waals surface area contributed by atoms with E-state index in [1.54, 1.807) is 25.7 Å². The fourth-order valence-corrected chi connectivity index (χ4v) is 2.86. The third-order valence-corrected chi connectivity index (χ3v) is 4.02. The Bertz CT molecular complexity index is 609. The van der Waals surface area contributed by atoms with Gasteiger partial charge in [-0.2, -0.15) is 0 Å². The summed E-state index contributed by atoms with van der Waals surface area (Å²) < 4.78 is 10.9. The van der Waals surface area contributed by atoms with E-state index in [9.17, 15) is 0 Å². The van der Waals surface area contributed by atoms with Crippen LogP contribution < -0.4 is 4.74 Å². The van der Waals surface area contributed by atoms with Crippen LogP contribution in [-0.2, 0) is 4.74 Å². The van der Waals surface area contributed by atoms with Crippen molar-refractivity contribution < 1.29 is 9.47 Å². The minimum atomic E-state index is 0.394. The summed E-state index contributed by atoms with van der Waals surface area (Å²) in [4.78, 5) is 15.4. The predicted molar refractivity (Wildman–Crippen MR) is 86.6 cm³/mol. The first-order valence-corrected chi connectivity index (χ1v) is 7.96. The van der Waals surface area contributed by atoms with E-state index in [-0.39, 0.29) is 0 Å². The van der Waals surface area contributed by atoms with Crippen LogP contribution >= 0.6 is 0 Å². The first kappa shape index (κ1) is 15.8. The molecule has 23 heavy (non-hydrogen) atoms. The number of ether oxygens (including phenoxy) is 2. The number of hydrogen-bond donors (Lipinski definition) is 0. The predicted octanol–water partition coefficient (Wildman–Crippen LogP) is 2.49. The van der Waals surface area contributed by atoms with E-state index in [0.717, 1.165) is 38.4 Å². The zero-order valence-corrected chi connectivity index (χ0v) is 13.4. The average Bonchev–Trinajstić information content (AvgIpc) is 2.61. The molecule has 0 N–H and O–H groups in total. The highest BCUT2D eigenvalue weighted by atomic mass is 16.5. The molecule has 6 heteroatoms. The third kappa shape index (κ3) is 4.46. The molecule has 6 nitrogen and oxygen atoms in total. The van der Waals surface area contributed by atoms with Crippen LogP contribution in [0.25, 0.3) is 0 Å². The zero-order chi connectivity index (χ0) is 15.9. The minimum Gasteiger partial charge on any atom is -0.436 e. The Morgan fingerprint density at radius 1 is 1.26 bits per heavy atom.